The summed E-state index contributed by atoms with van der Waals surface area (Å²) < 4.78 is 18.6. The van der Waals surface area contributed by atoms with Crippen molar-refractivity contribution >= 4 is 11.6 Å². The lowest BCUT2D eigenvalue weighted by Gasteiger charge is -2.13. The minimum absolute atomic E-state index is 0.142. The summed E-state index contributed by atoms with van der Waals surface area (Å²) in [6, 6.07) is 14.0. The summed E-state index contributed by atoms with van der Waals surface area (Å²) in [5.41, 5.74) is 2.92. The lowest BCUT2D eigenvalue weighted by atomic mass is 10.0. The minimum atomic E-state index is -0.492. The van der Waals surface area contributed by atoms with Crippen molar-refractivity contribution in [3.63, 3.8) is 0 Å². The lowest BCUT2D eigenvalue weighted by Crippen LogP contribution is -2.41. The molecule has 0 aromatic heterocycles. The molecule has 1 amide bonds. The molecule has 1 N–H and O–H groups in total. The van der Waals surface area contributed by atoms with Gasteiger partial charge in [-0.3, -0.25) is 4.79 Å². The molecule has 6 heteroatoms. The normalized spacial score (nSPS) is 20.7. The van der Waals surface area contributed by atoms with E-state index in [9.17, 15) is 9.18 Å². The van der Waals surface area contributed by atoms with Gasteiger partial charge in [0, 0.05) is 19.3 Å². The van der Waals surface area contributed by atoms with E-state index >= 15 is 0 Å². The highest BCUT2D eigenvalue weighted by atomic mass is 19.1. The van der Waals surface area contributed by atoms with Crippen molar-refractivity contribution in [1.82, 2.24) is 5.32 Å². The van der Waals surface area contributed by atoms with E-state index in [1.165, 1.54) is 12.1 Å². The Hall–Kier alpha value is -2.89. The van der Waals surface area contributed by atoms with E-state index in [0.717, 1.165) is 22.6 Å². The molecule has 0 bridgehead atoms. The number of oxime groups is 1. The van der Waals surface area contributed by atoms with Crippen LogP contribution in [0.25, 0.3) is 0 Å². The molecule has 0 saturated carbocycles. The summed E-state index contributed by atoms with van der Waals surface area (Å²) in [4.78, 5) is 17.7. The van der Waals surface area contributed by atoms with Crippen LogP contribution in [0, 0.1) is 5.82 Å². The Balaban J connectivity index is 1.23. The van der Waals surface area contributed by atoms with Crippen molar-refractivity contribution in [3.05, 3.63) is 65.5 Å². The second-order valence-electron chi connectivity index (χ2n) is 6.56. The van der Waals surface area contributed by atoms with Crippen molar-refractivity contribution in [2.45, 2.75) is 31.5 Å². The number of hydrogen-bond acceptors (Lipinski definition) is 4. The molecule has 2 aromatic rings. The largest absolute Gasteiger partial charge is 0.480 e. The third-order valence-corrected chi connectivity index (χ3v) is 4.56. The van der Waals surface area contributed by atoms with Crippen LogP contribution in [0.3, 0.4) is 0 Å². The number of carbonyl (C=O) groups excluding carboxylic acids is 1. The van der Waals surface area contributed by atoms with Crippen molar-refractivity contribution in [2.24, 2.45) is 5.16 Å². The number of hydrogen-bond donors (Lipinski definition) is 1. The van der Waals surface area contributed by atoms with Gasteiger partial charge in [0.05, 0.1) is 12.3 Å². The van der Waals surface area contributed by atoms with E-state index in [1.807, 2.05) is 24.3 Å². The van der Waals surface area contributed by atoms with E-state index in [0.29, 0.717) is 25.8 Å². The first-order valence-electron chi connectivity index (χ1n) is 8.65. The molecule has 0 saturated heterocycles. The number of amides is 1. The molecule has 2 heterocycles. The van der Waals surface area contributed by atoms with Crippen molar-refractivity contribution in [1.29, 1.82) is 0 Å². The van der Waals surface area contributed by atoms with E-state index in [4.69, 9.17) is 9.57 Å². The van der Waals surface area contributed by atoms with Crippen LogP contribution in [0.4, 0.5) is 4.39 Å². The maximum atomic E-state index is 12.9. The number of nitrogens with zero attached hydrogens (tertiary/aromatic N) is 1. The highest BCUT2D eigenvalue weighted by Gasteiger charge is 2.30. The Kier molecular flexibility index (Phi) is 4.56. The Labute approximate surface area is 150 Å². The van der Waals surface area contributed by atoms with E-state index in [2.05, 4.69) is 10.5 Å². The molecule has 2 atom stereocenters. The summed E-state index contributed by atoms with van der Waals surface area (Å²) in [5, 5.41) is 6.96. The van der Waals surface area contributed by atoms with E-state index < -0.39 is 6.10 Å². The summed E-state index contributed by atoms with van der Waals surface area (Å²) in [7, 11) is 0. The van der Waals surface area contributed by atoms with Crippen LogP contribution in [0.1, 0.15) is 17.5 Å². The molecule has 0 unspecified atom stereocenters. The zero-order valence-corrected chi connectivity index (χ0v) is 14.2. The van der Waals surface area contributed by atoms with Gasteiger partial charge in [0.25, 0.3) is 5.91 Å². The molecule has 134 valence electrons. The van der Waals surface area contributed by atoms with Gasteiger partial charge in [0.15, 0.2) is 6.10 Å². The van der Waals surface area contributed by atoms with Crippen LogP contribution in [-0.2, 0) is 22.5 Å². The van der Waals surface area contributed by atoms with Crippen LogP contribution >= 0.6 is 0 Å². The number of fused-ring (bicyclic) bond motifs is 1. The molecular formula is C20H19FN2O3. The fourth-order valence-corrected chi connectivity index (χ4v) is 3.19. The Bertz CT molecular complexity index is 810. The number of carbonyl (C=O) groups is 1. The van der Waals surface area contributed by atoms with Gasteiger partial charge in [0.2, 0.25) is 0 Å². The molecule has 0 aliphatic carbocycles. The van der Waals surface area contributed by atoms with Gasteiger partial charge in [0.1, 0.15) is 17.7 Å². The highest BCUT2D eigenvalue weighted by molar-refractivity contribution is 5.87. The van der Waals surface area contributed by atoms with Crippen LogP contribution in [0.15, 0.2) is 53.7 Å². The summed E-state index contributed by atoms with van der Waals surface area (Å²) in [5.74, 6) is 0.377. The maximum absolute atomic E-state index is 12.9. The number of nitrogens with one attached hydrogen (secondary N) is 1. The van der Waals surface area contributed by atoms with Gasteiger partial charge in [-0.2, -0.15) is 0 Å². The van der Waals surface area contributed by atoms with Gasteiger partial charge in [-0.05, 0) is 29.3 Å². The molecule has 0 spiro atoms. The molecular weight excluding hydrogens is 335 g/mol. The van der Waals surface area contributed by atoms with Crippen LogP contribution < -0.4 is 10.1 Å². The van der Waals surface area contributed by atoms with Gasteiger partial charge < -0.3 is 14.9 Å². The first-order valence-corrected chi connectivity index (χ1v) is 8.65. The molecule has 2 aliphatic rings. The second kappa shape index (κ2) is 7.15. The summed E-state index contributed by atoms with van der Waals surface area (Å²) in [6.07, 6.45) is 1.17. The van der Waals surface area contributed by atoms with E-state index in [-0.39, 0.29) is 17.8 Å². The van der Waals surface area contributed by atoms with Gasteiger partial charge >= 0.3 is 0 Å². The zero-order valence-electron chi connectivity index (χ0n) is 14.2. The summed E-state index contributed by atoms with van der Waals surface area (Å²) in [6.45, 7) is 0.380. The quantitative estimate of drug-likeness (QED) is 0.898. The van der Waals surface area contributed by atoms with Crippen LogP contribution in [0.5, 0.6) is 5.75 Å². The van der Waals surface area contributed by atoms with Crippen molar-refractivity contribution < 1.29 is 18.8 Å². The Morgan fingerprint density at radius 1 is 1.15 bits per heavy atom. The smallest absolute Gasteiger partial charge is 0.261 e. The molecule has 0 radical (unpaired) electrons. The minimum Gasteiger partial charge on any atom is -0.480 e. The predicted octanol–water partition coefficient (Wildman–Crippen LogP) is 2.63. The second-order valence-corrected chi connectivity index (χ2v) is 6.56. The molecule has 4 rings (SSSR count). The number of benzene rings is 2. The monoisotopic (exact) mass is 354 g/mol. The van der Waals surface area contributed by atoms with E-state index in [1.54, 1.807) is 12.1 Å². The van der Waals surface area contributed by atoms with Gasteiger partial charge in [-0.15, -0.1) is 0 Å². The fraction of sp³-hybridized carbons (Fsp3) is 0.300. The Morgan fingerprint density at radius 3 is 2.77 bits per heavy atom. The standard InChI is InChI=1S/C20H19FN2O3/c21-15-7-5-13(6-8-15)9-16-11-17(26-23-16)12-22-20(24)19-10-14-3-1-2-4-18(14)25-19/h1-8,17,19H,9-12H2,(H,22,24)/t17-,19+/m0/s1. The maximum Gasteiger partial charge on any atom is 0.261 e. The zero-order chi connectivity index (χ0) is 17.9. The van der Waals surface area contributed by atoms with Crippen LogP contribution in [-0.4, -0.2) is 30.4 Å². The molecule has 2 aliphatic heterocycles. The fourth-order valence-electron chi connectivity index (χ4n) is 3.19. The Morgan fingerprint density at radius 2 is 1.96 bits per heavy atom. The SMILES string of the molecule is O=C(NC[C@@H]1CC(Cc2ccc(F)cc2)=NO1)[C@H]1Cc2ccccc2O1. The number of para-hydroxylation sites is 1. The first-order chi connectivity index (χ1) is 12.7. The first kappa shape index (κ1) is 16.6. The lowest BCUT2D eigenvalue weighted by molar-refractivity contribution is -0.127. The molecule has 5 nitrogen and oxygen atoms in total. The average molecular weight is 354 g/mol. The van der Waals surface area contributed by atoms with Crippen LogP contribution in [0.2, 0.25) is 0 Å². The number of halogens is 1. The van der Waals surface area contributed by atoms with Crippen molar-refractivity contribution in [3.8, 4) is 5.75 Å². The predicted molar refractivity (Wildman–Crippen MR) is 94.6 cm³/mol. The summed E-state index contributed by atoms with van der Waals surface area (Å²) >= 11 is 0. The topological polar surface area (TPSA) is 59.9 Å². The number of rotatable bonds is 5. The number of ether oxygens (including phenoxy) is 1. The third-order valence-electron chi connectivity index (χ3n) is 4.56. The molecule has 0 fully saturated rings. The highest BCUT2D eigenvalue weighted by Crippen LogP contribution is 2.28. The van der Waals surface area contributed by atoms with Gasteiger partial charge in [-0.25, -0.2) is 4.39 Å². The average Bonchev–Trinajstić information content (AvgIpc) is 3.28. The third kappa shape index (κ3) is 3.69. The molecule has 2 aromatic carbocycles. The van der Waals surface area contributed by atoms with Gasteiger partial charge in [-0.1, -0.05) is 35.5 Å². The molecule has 26 heavy (non-hydrogen) atoms. The van der Waals surface area contributed by atoms with Crippen molar-refractivity contribution in [2.75, 3.05) is 6.54 Å².